The third-order valence-corrected chi connectivity index (χ3v) is 5.62. The standard InChI is InChI=1S/C16H22F2N4O2S/c1-9(21-25(23)15(2,3)4)12-13(18)11(17)6-10-7-16(5,8-20-22-19)24-14(10)12/h6,9,21H,7-8H2,1-5H3. The number of rotatable bonds is 5. The Bertz CT molecular complexity index is 719. The van der Waals surface area contributed by atoms with Crippen LogP contribution in [-0.2, 0) is 17.8 Å². The Morgan fingerprint density at radius 3 is 2.72 bits per heavy atom. The molecule has 0 aliphatic carbocycles. The fraction of sp³-hybridized carbons (Fsp3) is 0.625. The van der Waals surface area contributed by atoms with Crippen LogP contribution in [0.5, 0.6) is 5.75 Å². The second kappa shape index (κ2) is 6.99. The van der Waals surface area contributed by atoms with Gasteiger partial charge in [-0.1, -0.05) is 5.11 Å². The lowest BCUT2D eigenvalue weighted by Gasteiger charge is -2.28. The summed E-state index contributed by atoms with van der Waals surface area (Å²) in [5.41, 5.74) is 8.13. The van der Waals surface area contributed by atoms with Crippen molar-refractivity contribution in [2.75, 3.05) is 6.54 Å². The summed E-state index contributed by atoms with van der Waals surface area (Å²) < 4.78 is 48.9. The van der Waals surface area contributed by atoms with Crippen molar-refractivity contribution in [3.63, 3.8) is 0 Å². The third-order valence-electron chi connectivity index (χ3n) is 3.94. The zero-order chi connectivity index (χ0) is 19.0. The molecule has 138 valence electrons. The largest absolute Gasteiger partial charge is 0.598 e. The Morgan fingerprint density at radius 2 is 2.16 bits per heavy atom. The molecule has 0 saturated carbocycles. The number of azide groups is 1. The Balaban J connectivity index is 2.39. The zero-order valence-electron chi connectivity index (χ0n) is 14.9. The van der Waals surface area contributed by atoms with Crippen molar-refractivity contribution in [3.8, 4) is 5.75 Å². The number of ether oxygens (including phenoxy) is 1. The van der Waals surface area contributed by atoms with E-state index in [1.165, 1.54) is 0 Å². The van der Waals surface area contributed by atoms with Crippen LogP contribution >= 0.6 is 0 Å². The Hall–Kier alpha value is -1.54. The van der Waals surface area contributed by atoms with Crippen molar-refractivity contribution in [1.82, 2.24) is 4.72 Å². The summed E-state index contributed by atoms with van der Waals surface area (Å²) in [5, 5.41) is 3.51. The lowest BCUT2D eigenvalue weighted by Crippen LogP contribution is -2.41. The predicted octanol–water partition coefficient (Wildman–Crippen LogP) is 4.08. The molecule has 25 heavy (non-hydrogen) atoms. The second-order valence-electron chi connectivity index (χ2n) is 7.41. The highest BCUT2D eigenvalue weighted by Crippen LogP contribution is 2.43. The maximum Gasteiger partial charge on any atom is 0.167 e. The molecule has 1 N–H and O–H groups in total. The molecule has 1 aromatic rings. The van der Waals surface area contributed by atoms with Crippen LogP contribution in [0.2, 0.25) is 0 Å². The number of hydrogen-bond donors (Lipinski definition) is 1. The molecule has 9 heteroatoms. The van der Waals surface area contributed by atoms with Crippen LogP contribution in [0.25, 0.3) is 10.4 Å². The molecule has 0 bridgehead atoms. The van der Waals surface area contributed by atoms with Gasteiger partial charge in [-0.25, -0.2) is 8.78 Å². The van der Waals surface area contributed by atoms with E-state index in [-0.39, 0.29) is 17.9 Å². The number of benzene rings is 1. The van der Waals surface area contributed by atoms with Crippen molar-refractivity contribution in [2.45, 2.75) is 57.4 Å². The van der Waals surface area contributed by atoms with E-state index >= 15 is 0 Å². The summed E-state index contributed by atoms with van der Waals surface area (Å²) >= 11 is -1.46. The predicted molar refractivity (Wildman–Crippen MR) is 92.6 cm³/mol. The molecule has 0 amide bonds. The Morgan fingerprint density at radius 1 is 1.52 bits per heavy atom. The van der Waals surface area contributed by atoms with Gasteiger partial charge in [0.2, 0.25) is 0 Å². The highest BCUT2D eigenvalue weighted by atomic mass is 32.2. The van der Waals surface area contributed by atoms with Crippen LogP contribution in [0.1, 0.15) is 51.8 Å². The van der Waals surface area contributed by atoms with Crippen LogP contribution in [-0.4, -0.2) is 21.4 Å². The van der Waals surface area contributed by atoms with Gasteiger partial charge in [-0.3, -0.25) is 0 Å². The van der Waals surface area contributed by atoms with Crippen molar-refractivity contribution in [2.24, 2.45) is 5.11 Å². The van der Waals surface area contributed by atoms with Crippen LogP contribution in [0.15, 0.2) is 11.2 Å². The number of halogens is 2. The van der Waals surface area contributed by atoms with E-state index in [0.717, 1.165) is 6.07 Å². The minimum Gasteiger partial charge on any atom is -0.598 e. The molecule has 1 aliphatic heterocycles. The molecule has 1 aliphatic rings. The van der Waals surface area contributed by atoms with E-state index in [2.05, 4.69) is 14.7 Å². The topological polar surface area (TPSA) is 93.1 Å². The third kappa shape index (κ3) is 4.17. The van der Waals surface area contributed by atoms with Gasteiger partial charge in [0.15, 0.2) is 11.6 Å². The number of hydrogen-bond acceptors (Lipinski definition) is 4. The molecule has 0 saturated heterocycles. The molecule has 6 nitrogen and oxygen atoms in total. The van der Waals surface area contributed by atoms with E-state index in [1.54, 1.807) is 34.6 Å². The molecule has 2 rings (SSSR count). The first-order valence-corrected chi connectivity index (χ1v) is 9.02. The first kappa shape index (κ1) is 19.8. The Kier molecular flexibility index (Phi) is 5.53. The van der Waals surface area contributed by atoms with Crippen molar-refractivity contribution < 1.29 is 18.1 Å². The fourth-order valence-electron chi connectivity index (χ4n) is 2.67. The number of nitrogens with one attached hydrogen (secondary N) is 1. The summed E-state index contributed by atoms with van der Waals surface area (Å²) in [4.78, 5) is 2.71. The molecular formula is C16H22F2N4O2S. The van der Waals surface area contributed by atoms with E-state index in [0.29, 0.717) is 12.0 Å². The first-order valence-electron chi connectivity index (χ1n) is 7.87. The minimum atomic E-state index is -1.46. The minimum absolute atomic E-state index is 0.00253. The van der Waals surface area contributed by atoms with Crippen LogP contribution in [0.3, 0.4) is 0 Å². The average molecular weight is 372 g/mol. The van der Waals surface area contributed by atoms with Gasteiger partial charge in [0.1, 0.15) is 16.1 Å². The molecule has 3 atom stereocenters. The van der Waals surface area contributed by atoms with Crippen molar-refractivity contribution in [3.05, 3.63) is 39.3 Å². The van der Waals surface area contributed by atoms with E-state index in [1.807, 2.05) is 0 Å². The molecule has 3 unspecified atom stereocenters. The maximum absolute atomic E-state index is 14.5. The summed E-state index contributed by atoms with van der Waals surface area (Å²) in [6.45, 7) is 8.70. The van der Waals surface area contributed by atoms with Gasteiger partial charge in [-0.05, 0) is 46.2 Å². The average Bonchev–Trinajstić information content (AvgIpc) is 2.81. The molecule has 1 aromatic carbocycles. The van der Waals surface area contributed by atoms with Crippen LogP contribution in [0, 0.1) is 11.6 Å². The van der Waals surface area contributed by atoms with Gasteiger partial charge >= 0.3 is 0 Å². The smallest absolute Gasteiger partial charge is 0.167 e. The van der Waals surface area contributed by atoms with E-state index < -0.39 is 39.4 Å². The van der Waals surface area contributed by atoms with E-state index in [4.69, 9.17) is 10.3 Å². The SMILES string of the molecule is CC(N[S+]([O-])C(C)(C)C)c1c(F)c(F)cc2c1OC(C)(CN=[N+]=[N-])C2. The highest BCUT2D eigenvalue weighted by Gasteiger charge is 2.40. The van der Waals surface area contributed by atoms with Gasteiger partial charge in [-0.2, -0.15) is 0 Å². The van der Waals surface area contributed by atoms with Crippen molar-refractivity contribution in [1.29, 1.82) is 0 Å². The first-order chi connectivity index (χ1) is 11.5. The van der Waals surface area contributed by atoms with Gasteiger partial charge in [0.05, 0.1) is 18.2 Å². The summed E-state index contributed by atoms with van der Waals surface area (Å²) in [7, 11) is 0. The van der Waals surface area contributed by atoms with Gasteiger partial charge in [-0.15, -0.1) is 4.72 Å². The van der Waals surface area contributed by atoms with Crippen LogP contribution in [0.4, 0.5) is 8.78 Å². The normalized spacial score (nSPS) is 21.9. The molecule has 1 heterocycles. The molecular weight excluding hydrogens is 350 g/mol. The van der Waals surface area contributed by atoms with Gasteiger partial charge in [0, 0.05) is 28.3 Å². The number of fused-ring (bicyclic) bond motifs is 1. The second-order valence-corrected chi connectivity index (χ2v) is 9.41. The van der Waals surface area contributed by atoms with Crippen LogP contribution < -0.4 is 9.46 Å². The summed E-state index contributed by atoms with van der Waals surface area (Å²) in [6.07, 6.45) is 0.292. The fourth-order valence-corrected chi connectivity index (χ4v) is 3.47. The van der Waals surface area contributed by atoms with Gasteiger partial charge in [0.25, 0.3) is 0 Å². The lowest BCUT2D eigenvalue weighted by atomic mass is 9.97. The quantitative estimate of drug-likeness (QED) is 0.365. The van der Waals surface area contributed by atoms with Gasteiger partial charge < -0.3 is 9.29 Å². The monoisotopic (exact) mass is 372 g/mol. The molecule has 0 radical (unpaired) electrons. The molecule has 0 aromatic heterocycles. The molecule has 0 spiro atoms. The molecule has 0 fully saturated rings. The van der Waals surface area contributed by atoms with E-state index in [9.17, 15) is 13.3 Å². The Labute approximate surface area is 148 Å². The highest BCUT2D eigenvalue weighted by molar-refractivity contribution is 7.90. The number of nitrogens with zero attached hydrogens (tertiary/aromatic N) is 3. The maximum atomic E-state index is 14.5. The summed E-state index contributed by atoms with van der Waals surface area (Å²) in [6, 6.07) is 0.370. The van der Waals surface area contributed by atoms with Crippen molar-refractivity contribution >= 4 is 11.4 Å². The lowest BCUT2D eigenvalue weighted by molar-refractivity contribution is 0.123. The summed E-state index contributed by atoms with van der Waals surface area (Å²) in [5.74, 6) is -1.79. The zero-order valence-corrected chi connectivity index (χ0v) is 15.7.